The molecule has 1 heterocycles. The Bertz CT molecular complexity index is 129. The summed E-state index contributed by atoms with van der Waals surface area (Å²) in [4.78, 5) is 3.92. The maximum atomic E-state index is 5.41. The average molecular weight is 170 g/mol. The van der Waals surface area contributed by atoms with Crippen LogP contribution in [0.4, 0.5) is 0 Å². The molecule has 0 amide bonds. The number of nitrogens with zero attached hydrogens (tertiary/aromatic N) is 1. The fraction of sp³-hybridized carbons (Fsp3) is 0.250. The molecule has 0 aromatic carbocycles. The first kappa shape index (κ1) is 8.21. The summed E-state index contributed by atoms with van der Waals surface area (Å²) in [5.74, 6) is 0.531. The van der Waals surface area contributed by atoms with Crippen LogP contribution in [0.3, 0.4) is 0 Å². The molecular weight excluding hydrogens is 165 g/mol. The highest BCUT2D eigenvalue weighted by molar-refractivity contribution is 7.07. The summed E-state index contributed by atoms with van der Waals surface area (Å²) in [6.45, 7) is 0. The van der Waals surface area contributed by atoms with Gasteiger partial charge in [-0.2, -0.15) is 0 Å². The summed E-state index contributed by atoms with van der Waals surface area (Å²) in [6.07, 6.45) is 0. The van der Waals surface area contributed by atoms with Gasteiger partial charge in [-0.05, 0) is 0 Å². The molecule has 1 aromatic rings. The summed E-state index contributed by atoms with van der Waals surface area (Å²) in [5, 5.41) is 1.94. The van der Waals surface area contributed by atoms with Crippen molar-refractivity contribution in [2.75, 3.05) is 0 Å². The molecule has 8 heavy (non-hydrogen) atoms. The first-order valence-electron chi connectivity index (χ1n) is 1.86. The van der Waals surface area contributed by atoms with Crippen molar-refractivity contribution in [1.29, 1.82) is 0 Å². The Morgan fingerprint density at radius 3 is 2.75 bits per heavy atom. The maximum absolute atomic E-state index is 5.41. The van der Waals surface area contributed by atoms with Crippen LogP contribution in [0.5, 0.6) is 0 Å². The number of hydrogen-bond acceptors (Lipinski definition) is 2. The lowest BCUT2D eigenvalue weighted by Gasteiger charge is -1.75. The molecule has 0 aliphatic heterocycles. The van der Waals surface area contributed by atoms with E-state index in [2.05, 4.69) is 4.98 Å². The standard InChI is InChI=1S/C4H4ClNS.ClH/c5-1-4-2-7-3-6-4;/h2-3H,1H2;1H. The lowest BCUT2D eigenvalue weighted by Crippen LogP contribution is -1.70. The third-order valence-corrected chi connectivity index (χ3v) is 1.53. The average Bonchev–Trinajstić information content (AvgIpc) is 2.14. The van der Waals surface area contributed by atoms with Crippen molar-refractivity contribution < 1.29 is 0 Å². The molecular formula is C4H5Cl2NS. The monoisotopic (exact) mass is 169 g/mol. The van der Waals surface area contributed by atoms with Crippen LogP contribution in [0.2, 0.25) is 0 Å². The van der Waals surface area contributed by atoms with Gasteiger partial charge in [-0.1, -0.05) is 0 Å². The van der Waals surface area contributed by atoms with Crippen LogP contribution in [0.25, 0.3) is 0 Å². The van der Waals surface area contributed by atoms with Crippen molar-refractivity contribution in [3.05, 3.63) is 16.6 Å². The van der Waals surface area contributed by atoms with E-state index in [4.69, 9.17) is 11.6 Å². The largest absolute Gasteiger partial charge is 0.248 e. The van der Waals surface area contributed by atoms with E-state index in [0.717, 1.165) is 5.69 Å². The summed E-state index contributed by atoms with van der Waals surface area (Å²) in [5.41, 5.74) is 2.74. The summed E-state index contributed by atoms with van der Waals surface area (Å²) >= 11 is 6.98. The highest BCUT2D eigenvalue weighted by Gasteiger charge is 1.85. The summed E-state index contributed by atoms with van der Waals surface area (Å²) < 4.78 is 0. The summed E-state index contributed by atoms with van der Waals surface area (Å²) in [6, 6.07) is 0. The molecule has 0 spiro atoms. The Labute approximate surface area is 63.1 Å². The first-order chi connectivity index (χ1) is 3.43. The van der Waals surface area contributed by atoms with Gasteiger partial charge in [-0.25, -0.2) is 4.98 Å². The smallest absolute Gasteiger partial charge is 0.0795 e. The normalized spacial score (nSPS) is 8.12. The van der Waals surface area contributed by atoms with Gasteiger partial charge in [-0.3, -0.25) is 0 Å². The van der Waals surface area contributed by atoms with Gasteiger partial charge in [0.2, 0.25) is 0 Å². The van der Waals surface area contributed by atoms with Gasteiger partial charge in [0, 0.05) is 5.38 Å². The minimum Gasteiger partial charge on any atom is -0.248 e. The number of halogens is 2. The molecule has 0 N–H and O–H groups in total. The van der Waals surface area contributed by atoms with Crippen molar-refractivity contribution in [2.45, 2.75) is 5.88 Å². The van der Waals surface area contributed by atoms with E-state index in [1.54, 1.807) is 16.8 Å². The molecule has 0 aliphatic rings. The number of rotatable bonds is 1. The van der Waals surface area contributed by atoms with Gasteiger partial charge < -0.3 is 0 Å². The Balaban J connectivity index is 0.000000490. The Morgan fingerprint density at radius 2 is 2.50 bits per heavy atom. The van der Waals surface area contributed by atoms with E-state index in [1.807, 2.05) is 5.38 Å². The van der Waals surface area contributed by atoms with Crippen LogP contribution >= 0.6 is 35.3 Å². The van der Waals surface area contributed by atoms with Gasteiger partial charge >= 0.3 is 0 Å². The molecule has 0 aliphatic carbocycles. The molecule has 0 atom stereocenters. The minimum absolute atomic E-state index is 0. The fourth-order valence-corrected chi connectivity index (χ4v) is 1.10. The van der Waals surface area contributed by atoms with Gasteiger partial charge in [-0.15, -0.1) is 35.3 Å². The second kappa shape index (κ2) is 4.13. The lowest BCUT2D eigenvalue weighted by molar-refractivity contribution is 1.23. The van der Waals surface area contributed by atoms with Crippen LogP contribution in [-0.2, 0) is 5.88 Å². The Kier molecular flexibility index (Phi) is 4.23. The van der Waals surface area contributed by atoms with E-state index in [0.29, 0.717) is 5.88 Å². The molecule has 1 rings (SSSR count). The first-order valence-corrected chi connectivity index (χ1v) is 3.34. The maximum Gasteiger partial charge on any atom is 0.0795 e. The molecule has 0 saturated carbocycles. The van der Waals surface area contributed by atoms with Gasteiger partial charge in [0.25, 0.3) is 0 Å². The number of hydrogen-bond donors (Lipinski definition) is 0. The van der Waals surface area contributed by atoms with Gasteiger partial charge in [0.05, 0.1) is 17.1 Å². The molecule has 4 heteroatoms. The van der Waals surface area contributed by atoms with Crippen LogP contribution in [-0.4, -0.2) is 4.98 Å². The second-order valence-electron chi connectivity index (χ2n) is 1.11. The zero-order valence-corrected chi connectivity index (χ0v) is 6.39. The predicted molar refractivity (Wildman–Crippen MR) is 38.9 cm³/mol. The van der Waals surface area contributed by atoms with Crippen LogP contribution in [0.1, 0.15) is 5.69 Å². The minimum atomic E-state index is 0. The SMILES string of the molecule is Cl.ClCc1cscn1. The van der Waals surface area contributed by atoms with Gasteiger partial charge in [0.15, 0.2) is 0 Å². The van der Waals surface area contributed by atoms with E-state index >= 15 is 0 Å². The third kappa shape index (κ3) is 1.99. The quantitative estimate of drug-likeness (QED) is 0.589. The summed E-state index contributed by atoms with van der Waals surface area (Å²) in [7, 11) is 0. The molecule has 0 saturated heterocycles. The molecule has 0 fully saturated rings. The van der Waals surface area contributed by atoms with Crippen LogP contribution < -0.4 is 0 Å². The Hall–Kier alpha value is 0.210. The van der Waals surface area contributed by atoms with E-state index < -0.39 is 0 Å². The fourth-order valence-electron chi connectivity index (χ4n) is 0.304. The number of alkyl halides is 1. The molecule has 1 aromatic heterocycles. The zero-order chi connectivity index (χ0) is 5.11. The predicted octanol–water partition coefficient (Wildman–Crippen LogP) is 2.30. The van der Waals surface area contributed by atoms with E-state index in [-0.39, 0.29) is 12.4 Å². The lowest BCUT2D eigenvalue weighted by atomic mass is 10.6. The van der Waals surface area contributed by atoms with Crippen LogP contribution in [0.15, 0.2) is 10.9 Å². The number of aromatic nitrogens is 1. The molecule has 0 bridgehead atoms. The molecule has 0 unspecified atom stereocenters. The van der Waals surface area contributed by atoms with Crippen molar-refractivity contribution >= 4 is 35.3 Å². The third-order valence-electron chi connectivity index (χ3n) is 0.620. The Morgan fingerprint density at radius 1 is 1.75 bits per heavy atom. The van der Waals surface area contributed by atoms with Crippen molar-refractivity contribution in [2.24, 2.45) is 0 Å². The molecule has 46 valence electrons. The van der Waals surface area contributed by atoms with Crippen molar-refractivity contribution in [3.8, 4) is 0 Å². The van der Waals surface area contributed by atoms with E-state index in [1.165, 1.54) is 0 Å². The zero-order valence-electron chi connectivity index (χ0n) is 4.00. The topological polar surface area (TPSA) is 12.9 Å². The van der Waals surface area contributed by atoms with Crippen molar-refractivity contribution in [3.63, 3.8) is 0 Å². The van der Waals surface area contributed by atoms with Gasteiger partial charge in [0.1, 0.15) is 0 Å². The van der Waals surface area contributed by atoms with Crippen LogP contribution in [0, 0.1) is 0 Å². The number of thiazole rings is 1. The van der Waals surface area contributed by atoms with E-state index in [9.17, 15) is 0 Å². The molecule has 0 radical (unpaired) electrons. The van der Waals surface area contributed by atoms with Crippen molar-refractivity contribution in [1.82, 2.24) is 4.98 Å². The highest BCUT2D eigenvalue weighted by atomic mass is 35.5. The second-order valence-corrected chi connectivity index (χ2v) is 2.10. The highest BCUT2D eigenvalue weighted by Crippen LogP contribution is 2.02. The molecule has 1 nitrogen and oxygen atoms in total.